The standard InChI is InChI=1S/C15H16FNO2S/c1-20(19)10-4-9-17-15(18)13-7-8-14(16)12-6-3-2-5-11(12)13/h2-3,5-8H,4,9-10H2,1H3,(H,17,18). The van der Waals surface area contributed by atoms with Crippen molar-refractivity contribution in [1.82, 2.24) is 5.32 Å². The van der Waals surface area contributed by atoms with E-state index < -0.39 is 10.8 Å². The summed E-state index contributed by atoms with van der Waals surface area (Å²) in [4.78, 5) is 12.1. The minimum absolute atomic E-state index is 0.233. The highest BCUT2D eigenvalue weighted by Crippen LogP contribution is 2.21. The summed E-state index contributed by atoms with van der Waals surface area (Å²) >= 11 is 0. The SMILES string of the molecule is CS(=O)CCCNC(=O)c1ccc(F)c2ccccc12. The minimum Gasteiger partial charge on any atom is -0.352 e. The van der Waals surface area contributed by atoms with Crippen LogP contribution in [-0.2, 0) is 10.8 Å². The molecule has 2 rings (SSSR count). The molecule has 2 aromatic rings. The van der Waals surface area contributed by atoms with Crippen molar-refractivity contribution in [3.8, 4) is 0 Å². The number of hydrogen-bond acceptors (Lipinski definition) is 2. The molecule has 2 aromatic carbocycles. The van der Waals surface area contributed by atoms with E-state index in [2.05, 4.69) is 5.32 Å². The number of nitrogens with one attached hydrogen (secondary N) is 1. The average Bonchev–Trinajstić information content (AvgIpc) is 2.44. The molecule has 0 aromatic heterocycles. The molecule has 0 saturated carbocycles. The van der Waals surface area contributed by atoms with Crippen LogP contribution in [-0.4, -0.2) is 28.7 Å². The van der Waals surface area contributed by atoms with Crippen LogP contribution in [0.25, 0.3) is 10.8 Å². The molecule has 5 heteroatoms. The first-order valence-corrected chi connectivity index (χ1v) is 8.08. The Hall–Kier alpha value is -1.75. The van der Waals surface area contributed by atoms with E-state index in [9.17, 15) is 13.4 Å². The molecule has 0 fully saturated rings. The van der Waals surface area contributed by atoms with Crippen molar-refractivity contribution in [3.05, 3.63) is 47.8 Å². The van der Waals surface area contributed by atoms with Crippen molar-refractivity contribution in [2.75, 3.05) is 18.6 Å². The first kappa shape index (κ1) is 14.7. The second-order valence-corrected chi connectivity index (χ2v) is 6.08. The summed E-state index contributed by atoms with van der Waals surface area (Å²) in [5.74, 6) is -0.00798. The molecule has 0 aliphatic carbocycles. The maximum Gasteiger partial charge on any atom is 0.251 e. The van der Waals surface area contributed by atoms with Crippen LogP contribution in [0.15, 0.2) is 36.4 Å². The van der Waals surface area contributed by atoms with Crippen molar-refractivity contribution in [3.63, 3.8) is 0 Å². The minimum atomic E-state index is -0.851. The number of halogens is 1. The second kappa shape index (κ2) is 6.61. The highest BCUT2D eigenvalue weighted by molar-refractivity contribution is 7.84. The van der Waals surface area contributed by atoms with Gasteiger partial charge in [0.05, 0.1) is 0 Å². The Balaban J connectivity index is 2.14. The third-order valence-electron chi connectivity index (χ3n) is 3.01. The van der Waals surface area contributed by atoms with E-state index in [-0.39, 0.29) is 11.7 Å². The summed E-state index contributed by atoms with van der Waals surface area (Å²) in [5.41, 5.74) is 0.458. The molecule has 0 aliphatic heterocycles. The van der Waals surface area contributed by atoms with Crippen LogP contribution in [0.2, 0.25) is 0 Å². The summed E-state index contributed by atoms with van der Waals surface area (Å²) in [6.45, 7) is 0.462. The van der Waals surface area contributed by atoms with Crippen LogP contribution < -0.4 is 5.32 Å². The van der Waals surface area contributed by atoms with Gasteiger partial charge in [0, 0.05) is 40.3 Å². The van der Waals surface area contributed by atoms with Crippen LogP contribution in [0.3, 0.4) is 0 Å². The molecule has 1 unspecified atom stereocenters. The quantitative estimate of drug-likeness (QED) is 0.861. The lowest BCUT2D eigenvalue weighted by atomic mass is 10.0. The Morgan fingerprint density at radius 1 is 1.20 bits per heavy atom. The van der Waals surface area contributed by atoms with Gasteiger partial charge in [-0.2, -0.15) is 0 Å². The third kappa shape index (κ3) is 3.42. The Morgan fingerprint density at radius 3 is 2.60 bits per heavy atom. The van der Waals surface area contributed by atoms with Gasteiger partial charge in [0.1, 0.15) is 5.82 Å². The number of benzene rings is 2. The van der Waals surface area contributed by atoms with Crippen molar-refractivity contribution in [2.24, 2.45) is 0 Å². The largest absolute Gasteiger partial charge is 0.352 e. The fourth-order valence-corrected chi connectivity index (χ4v) is 2.58. The number of rotatable bonds is 5. The molecular weight excluding hydrogens is 277 g/mol. The molecule has 1 amide bonds. The van der Waals surface area contributed by atoms with Gasteiger partial charge in [0.25, 0.3) is 5.91 Å². The first-order chi connectivity index (χ1) is 9.59. The van der Waals surface area contributed by atoms with Crippen LogP contribution in [0.1, 0.15) is 16.8 Å². The van der Waals surface area contributed by atoms with Crippen LogP contribution in [0.5, 0.6) is 0 Å². The molecule has 1 N–H and O–H groups in total. The zero-order valence-electron chi connectivity index (χ0n) is 11.2. The summed E-state index contributed by atoms with van der Waals surface area (Å²) in [7, 11) is -0.851. The number of hydrogen-bond donors (Lipinski definition) is 1. The molecule has 0 saturated heterocycles. The molecule has 0 bridgehead atoms. The smallest absolute Gasteiger partial charge is 0.251 e. The Kier molecular flexibility index (Phi) is 4.84. The highest BCUT2D eigenvalue weighted by Gasteiger charge is 2.11. The average molecular weight is 293 g/mol. The third-order valence-corrected chi connectivity index (χ3v) is 3.87. The van der Waals surface area contributed by atoms with Gasteiger partial charge in [-0.1, -0.05) is 24.3 Å². The Morgan fingerprint density at radius 2 is 1.90 bits per heavy atom. The molecule has 0 aliphatic rings. The molecule has 0 radical (unpaired) electrons. The molecular formula is C15H16FNO2S. The van der Waals surface area contributed by atoms with Gasteiger partial charge in [0.2, 0.25) is 0 Å². The number of amides is 1. The maximum atomic E-state index is 13.7. The van der Waals surface area contributed by atoms with Crippen LogP contribution in [0.4, 0.5) is 4.39 Å². The van der Waals surface area contributed by atoms with Gasteiger partial charge < -0.3 is 5.32 Å². The number of carbonyl (C=O) groups is 1. The zero-order valence-corrected chi connectivity index (χ0v) is 12.0. The summed E-state index contributed by atoms with van der Waals surface area (Å²) in [6.07, 6.45) is 2.29. The van der Waals surface area contributed by atoms with Crippen molar-refractivity contribution < 1.29 is 13.4 Å². The van der Waals surface area contributed by atoms with Gasteiger partial charge in [-0.25, -0.2) is 4.39 Å². The monoisotopic (exact) mass is 293 g/mol. The fourth-order valence-electron chi connectivity index (χ4n) is 2.03. The number of carbonyl (C=O) groups excluding carboxylic acids is 1. The van der Waals surface area contributed by atoms with E-state index in [0.29, 0.717) is 35.1 Å². The topological polar surface area (TPSA) is 46.2 Å². The lowest BCUT2D eigenvalue weighted by molar-refractivity contribution is 0.0955. The van der Waals surface area contributed by atoms with Gasteiger partial charge in [-0.15, -0.1) is 0 Å². The summed E-state index contributed by atoms with van der Waals surface area (Å²) in [6, 6.07) is 9.70. The van der Waals surface area contributed by atoms with E-state index >= 15 is 0 Å². The predicted molar refractivity (Wildman–Crippen MR) is 79.8 cm³/mol. The second-order valence-electron chi connectivity index (χ2n) is 4.53. The first-order valence-electron chi connectivity index (χ1n) is 6.35. The number of fused-ring (bicyclic) bond motifs is 1. The van der Waals surface area contributed by atoms with Crippen molar-refractivity contribution in [1.29, 1.82) is 0 Å². The van der Waals surface area contributed by atoms with Crippen molar-refractivity contribution >= 4 is 27.5 Å². The fraction of sp³-hybridized carbons (Fsp3) is 0.267. The predicted octanol–water partition coefficient (Wildman–Crippen LogP) is 2.48. The zero-order chi connectivity index (χ0) is 14.5. The molecule has 0 heterocycles. The lowest BCUT2D eigenvalue weighted by Crippen LogP contribution is -2.25. The normalized spacial score (nSPS) is 12.3. The Bertz CT molecular complexity index is 657. The van der Waals surface area contributed by atoms with E-state index in [4.69, 9.17) is 0 Å². The Labute approximate surface area is 119 Å². The maximum absolute atomic E-state index is 13.7. The van der Waals surface area contributed by atoms with E-state index in [1.807, 2.05) is 0 Å². The van der Waals surface area contributed by atoms with Gasteiger partial charge in [-0.05, 0) is 23.9 Å². The van der Waals surface area contributed by atoms with Gasteiger partial charge in [0.15, 0.2) is 0 Å². The van der Waals surface area contributed by atoms with Crippen molar-refractivity contribution in [2.45, 2.75) is 6.42 Å². The molecule has 106 valence electrons. The van der Waals surface area contributed by atoms with E-state index in [1.54, 1.807) is 30.5 Å². The lowest BCUT2D eigenvalue weighted by Gasteiger charge is -2.08. The summed E-state index contributed by atoms with van der Waals surface area (Å²) in [5, 5.41) is 3.81. The molecule has 0 spiro atoms. The summed E-state index contributed by atoms with van der Waals surface area (Å²) < 4.78 is 24.6. The highest BCUT2D eigenvalue weighted by atomic mass is 32.2. The van der Waals surface area contributed by atoms with E-state index in [1.165, 1.54) is 12.1 Å². The van der Waals surface area contributed by atoms with Gasteiger partial charge in [-0.3, -0.25) is 9.00 Å². The van der Waals surface area contributed by atoms with E-state index in [0.717, 1.165) is 0 Å². The van der Waals surface area contributed by atoms with Gasteiger partial charge >= 0.3 is 0 Å². The molecule has 1 atom stereocenters. The van der Waals surface area contributed by atoms with Crippen LogP contribution >= 0.6 is 0 Å². The van der Waals surface area contributed by atoms with Crippen LogP contribution in [0, 0.1) is 5.82 Å². The molecule has 20 heavy (non-hydrogen) atoms. The molecule has 3 nitrogen and oxygen atoms in total.